The number of carbonyl (C=O) groups is 1. The Bertz CT molecular complexity index is 1030. The van der Waals surface area contributed by atoms with Crippen molar-refractivity contribution in [2.75, 3.05) is 17.7 Å². The van der Waals surface area contributed by atoms with Gasteiger partial charge in [0.2, 0.25) is 0 Å². The highest BCUT2D eigenvalue weighted by atomic mass is 16.5. The van der Waals surface area contributed by atoms with E-state index in [2.05, 4.69) is 20.6 Å². The van der Waals surface area contributed by atoms with Crippen LogP contribution in [0.4, 0.5) is 17.2 Å². The van der Waals surface area contributed by atoms with Gasteiger partial charge >= 0.3 is 0 Å². The number of amides is 1. The Kier molecular flexibility index (Phi) is 5.59. The minimum Gasteiger partial charge on any atom is -0.495 e. The summed E-state index contributed by atoms with van der Waals surface area (Å²) in [7, 11) is 1.61. The first-order chi connectivity index (χ1) is 13.4. The van der Waals surface area contributed by atoms with Gasteiger partial charge in [0.25, 0.3) is 5.91 Å². The summed E-state index contributed by atoms with van der Waals surface area (Å²) < 4.78 is 5.40. The zero-order valence-electron chi connectivity index (χ0n) is 16.8. The van der Waals surface area contributed by atoms with Crippen molar-refractivity contribution in [3.8, 4) is 5.75 Å². The molecule has 0 bridgehead atoms. The van der Waals surface area contributed by atoms with Gasteiger partial charge in [-0.1, -0.05) is 23.8 Å². The first-order valence-electron chi connectivity index (χ1n) is 9.01. The van der Waals surface area contributed by atoms with Crippen molar-refractivity contribution >= 4 is 23.1 Å². The van der Waals surface area contributed by atoms with Crippen LogP contribution >= 0.6 is 0 Å². The number of hydrogen-bond acceptors (Lipinski definition) is 5. The first kappa shape index (κ1) is 19.4. The highest BCUT2D eigenvalue weighted by Gasteiger charge is 2.13. The second kappa shape index (κ2) is 8.08. The summed E-state index contributed by atoms with van der Waals surface area (Å²) in [6.45, 7) is 7.74. The molecule has 1 aromatic heterocycles. The van der Waals surface area contributed by atoms with Gasteiger partial charge in [-0.25, -0.2) is 9.97 Å². The van der Waals surface area contributed by atoms with E-state index in [0.717, 1.165) is 28.1 Å². The van der Waals surface area contributed by atoms with Crippen molar-refractivity contribution < 1.29 is 9.53 Å². The number of hydrogen-bond donors (Lipinski definition) is 2. The molecule has 2 N–H and O–H groups in total. The van der Waals surface area contributed by atoms with Gasteiger partial charge in [-0.2, -0.15) is 0 Å². The molecular weight excluding hydrogens is 352 g/mol. The maximum atomic E-state index is 12.7. The van der Waals surface area contributed by atoms with Crippen LogP contribution in [0.15, 0.2) is 42.5 Å². The van der Waals surface area contributed by atoms with Crippen LogP contribution in [-0.2, 0) is 0 Å². The molecule has 3 rings (SSSR count). The molecule has 0 aliphatic carbocycles. The summed E-state index contributed by atoms with van der Waals surface area (Å²) in [6.07, 6.45) is 0. The number of aryl methyl sites for hydroxylation is 4. The van der Waals surface area contributed by atoms with Crippen LogP contribution < -0.4 is 15.4 Å². The summed E-state index contributed by atoms with van der Waals surface area (Å²) in [5.41, 5.74) is 5.07. The van der Waals surface area contributed by atoms with Crippen molar-refractivity contribution in [3.63, 3.8) is 0 Å². The smallest absolute Gasteiger partial charge is 0.274 e. The van der Waals surface area contributed by atoms with Gasteiger partial charge in [0.05, 0.1) is 12.8 Å². The third-order valence-electron chi connectivity index (χ3n) is 4.32. The lowest BCUT2D eigenvalue weighted by Gasteiger charge is -2.13. The van der Waals surface area contributed by atoms with E-state index in [1.165, 1.54) is 0 Å². The molecule has 28 heavy (non-hydrogen) atoms. The molecule has 0 radical (unpaired) electrons. The van der Waals surface area contributed by atoms with Gasteiger partial charge in [0.1, 0.15) is 23.1 Å². The predicted molar refractivity (Wildman–Crippen MR) is 112 cm³/mol. The maximum absolute atomic E-state index is 12.7. The standard InChI is InChI=1S/C22H24N4O2/c1-13-6-8-17(15(3)10-13)26-22(27)19-12-21(24-16(4)23-19)25-18-11-14(2)7-9-20(18)28-5/h6-12H,1-5H3,(H,26,27)(H,23,24,25). The molecule has 6 heteroatoms. The van der Waals surface area contributed by atoms with Gasteiger partial charge in [0, 0.05) is 11.8 Å². The Balaban J connectivity index is 1.87. The lowest BCUT2D eigenvalue weighted by Crippen LogP contribution is -2.16. The SMILES string of the molecule is COc1ccc(C)cc1Nc1cc(C(=O)Nc2ccc(C)cc2C)nc(C)n1. The molecule has 0 unspecified atom stereocenters. The normalized spacial score (nSPS) is 10.5. The molecule has 0 spiro atoms. The summed E-state index contributed by atoms with van der Waals surface area (Å²) in [6, 6.07) is 13.3. The Hall–Kier alpha value is -3.41. The largest absolute Gasteiger partial charge is 0.495 e. The number of anilines is 3. The molecule has 0 aliphatic rings. The van der Waals surface area contributed by atoms with Crippen LogP contribution in [-0.4, -0.2) is 23.0 Å². The van der Waals surface area contributed by atoms with Crippen LogP contribution in [0.1, 0.15) is 33.0 Å². The lowest BCUT2D eigenvalue weighted by molar-refractivity contribution is 0.102. The fraction of sp³-hybridized carbons (Fsp3) is 0.227. The van der Waals surface area contributed by atoms with Crippen LogP contribution in [0, 0.1) is 27.7 Å². The van der Waals surface area contributed by atoms with Crippen LogP contribution in [0.3, 0.4) is 0 Å². The van der Waals surface area contributed by atoms with Crippen LogP contribution in [0.2, 0.25) is 0 Å². The van der Waals surface area contributed by atoms with Crippen molar-refractivity contribution in [3.05, 3.63) is 70.7 Å². The zero-order valence-corrected chi connectivity index (χ0v) is 16.8. The molecule has 2 aromatic carbocycles. The molecule has 1 amide bonds. The molecular formula is C22H24N4O2. The topological polar surface area (TPSA) is 76.1 Å². The van der Waals surface area contributed by atoms with Crippen LogP contribution in [0.25, 0.3) is 0 Å². The summed E-state index contributed by atoms with van der Waals surface area (Å²) in [5, 5.41) is 6.15. The van der Waals surface area contributed by atoms with Crippen LogP contribution in [0.5, 0.6) is 5.75 Å². The quantitative estimate of drug-likeness (QED) is 0.674. The van der Waals surface area contributed by atoms with E-state index in [1.807, 2.05) is 57.2 Å². The first-order valence-corrected chi connectivity index (χ1v) is 9.01. The minimum atomic E-state index is -0.281. The average molecular weight is 376 g/mol. The van der Waals surface area contributed by atoms with E-state index >= 15 is 0 Å². The molecule has 0 saturated heterocycles. The minimum absolute atomic E-state index is 0.281. The Labute approximate surface area is 165 Å². The zero-order chi connectivity index (χ0) is 20.3. The second-order valence-electron chi connectivity index (χ2n) is 6.79. The van der Waals surface area contributed by atoms with Gasteiger partial charge in [0.15, 0.2) is 0 Å². The highest BCUT2D eigenvalue weighted by molar-refractivity contribution is 6.03. The number of aromatic nitrogens is 2. The monoisotopic (exact) mass is 376 g/mol. The summed E-state index contributed by atoms with van der Waals surface area (Å²) in [4.78, 5) is 21.4. The number of nitrogens with zero attached hydrogens (tertiary/aromatic N) is 2. The molecule has 3 aromatic rings. The van der Waals surface area contributed by atoms with E-state index in [0.29, 0.717) is 23.1 Å². The van der Waals surface area contributed by atoms with E-state index in [1.54, 1.807) is 20.1 Å². The van der Waals surface area contributed by atoms with E-state index < -0.39 is 0 Å². The number of methoxy groups -OCH3 is 1. The van der Waals surface area contributed by atoms with Gasteiger partial charge < -0.3 is 15.4 Å². The average Bonchev–Trinajstić information content (AvgIpc) is 2.63. The molecule has 6 nitrogen and oxygen atoms in total. The van der Waals surface area contributed by atoms with Crippen molar-refractivity contribution in [1.29, 1.82) is 0 Å². The Morgan fingerprint density at radius 2 is 1.61 bits per heavy atom. The fourth-order valence-corrected chi connectivity index (χ4v) is 2.95. The Morgan fingerprint density at radius 1 is 0.893 bits per heavy atom. The molecule has 144 valence electrons. The molecule has 0 aliphatic heterocycles. The summed E-state index contributed by atoms with van der Waals surface area (Å²) in [5.74, 6) is 1.45. The van der Waals surface area contributed by atoms with Crippen molar-refractivity contribution in [1.82, 2.24) is 9.97 Å². The van der Waals surface area contributed by atoms with E-state index in [4.69, 9.17) is 4.74 Å². The van der Waals surface area contributed by atoms with Gasteiger partial charge in [-0.05, 0) is 57.0 Å². The van der Waals surface area contributed by atoms with Gasteiger partial charge in [-0.3, -0.25) is 4.79 Å². The molecule has 0 saturated carbocycles. The third kappa shape index (κ3) is 4.46. The number of rotatable bonds is 5. The fourth-order valence-electron chi connectivity index (χ4n) is 2.95. The maximum Gasteiger partial charge on any atom is 0.274 e. The molecule has 1 heterocycles. The third-order valence-corrected chi connectivity index (χ3v) is 4.32. The predicted octanol–water partition coefficient (Wildman–Crippen LogP) is 4.71. The number of nitrogens with one attached hydrogen (secondary N) is 2. The molecule has 0 fully saturated rings. The van der Waals surface area contributed by atoms with Crippen molar-refractivity contribution in [2.45, 2.75) is 27.7 Å². The number of benzene rings is 2. The second-order valence-corrected chi connectivity index (χ2v) is 6.79. The Morgan fingerprint density at radius 3 is 2.32 bits per heavy atom. The number of carbonyl (C=O) groups excluding carboxylic acids is 1. The molecule has 0 atom stereocenters. The van der Waals surface area contributed by atoms with E-state index in [-0.39, 0.29) is 5.91 Å². The van der Waals surface area contributed by atoms with Crippen molar-refractivity contribution in [2.24, 2.45) is 0 Å². The van der Waals surface area contributed by atoms with Gasteiger partial charge in [-0.15, -0.1) is 0 Å². The highest BCUT2D eigenvalue weighted by Crippen LogP contribution is 2.28. The summed E-state index contributed by atoms with van der Waals surface area (Å²) >= 11 is 0. The van der Waals surface area contributed by atoms with E-state index in [9.17, 15) is 4.79 Å². The lowest BCUT2D eigenvalue weighted by atomic mass is 10.1. The number of ether oxygens (including phenoxy) is 1.